The Labute approximate surface area is 70.1 Å². The zero-order valence-corrected chi connectivity index (χ0v) is 7.71. The van der Waals surface area contributed by atoms with Crippen LogP contribution in [0.4, 0.5) is 0 Å². The van der Waals surface area contributed by atoms with E-state index in [0.717, 1.165) is 19.3 Å². The Morgan fingerprint density at radius 3 is 2.55 bits per heavy atom. The summed E-state index contributed by atoms with van der Waals surface area (Å²) in [6.07, 6.45) is 9.26. The van der Waals surface area contributed by atoms with Crippen LogP contribution in [-0.4, -0.2) is 11.2 Å². The molecule has 0 bridgehead atoms. The normalized spacial score (nSPS) is 14.1. The van der Waals surface area contributed by atoms with Crippen LogP contribution >= 0.6 is 0 Å². The van der Waals surface area contributed by atoms with Crippen LogP contribution in [0.1, 0.15) is 46.0 Å². The van der Waals surface area contributed by atoms with Gasteiger partial charge in [0.2, 0.25) is 0 Å². The SMILES string of the molecule is CC/C=C/[C@@H](O)CCCCC. The molecule has 0 aliphatic rings. The molecule has 1 N–H and O–H groups in total. The second-order valence-electron chi connectivity index (χ2n) is 2.90. The van der Waals surface area contributed by atoms with Crippen molar-refractivity contribution < 1.29 is 5.11 Å². The first kappa shape index (κ1) is 10.7. The van der Waals surface area contributed by atoms with Crippen molar-refractivity contribution >= 4 is 0 Å². The first-order chi connectivity index (χ1) is 5.31. The lowest BCUT2D eigenvalue weighted by molar-refractivity contribution is 0.208. The summed E-state index contributed by atoms with van der Waals surface area (Å²) in [7, 11) is 0. The van der Waals surface area contributed by atoms with E-state index < -0.39 is 0 Å². The van der Waals surface area contributed by atoms with E-state index in [1.807, 2.05) is 12.2 Å². The maximum absolute atomic E-state index is 9.32. The Morgan fingerprint density at radius 1 is 1.27 bits per heavy atom. The number of hydrogen-bond donors (Lipinski definition) is 1. The van der Waals surface area contributed by atoms with Gasteiger partial charge in [-0.05, 0) is 12.8 Å². The van der Waals surface area contributed by atoms with Crippen LogP contribution in [0.3, 0.4) is 0 Å². The number of aliphatic hydroxyl groups is 1. The quantitative estimate of drug-likeness (QED) is 0.463. The molecule has 66 valence electrons. The molecule has 0 aliphatic carbocycles. The topological polar surface area (TPSA) is 20.2 Å². The van der Waals surface area contributed by atoms with Gasteiger partial charge in [0.15, 0.2) is 0 Å². The van der Waals surface area contributed by atoms with Crippen LogP contribution in [0.2, 0.25) is 0 Å². The van der Waals surface area contributed by atoms with E-state index in [1.165, 1.54) is 12.8 Å². The summed E-state index contributed by atoms with van der Waals surface area (Å²) in [5.74, 6) is 0. The van der Waals surface area contributed by atoms with Crippen molar-refractivity contribution in [3.05, 3.63) is 12.2 Å². The molecule has 0 fully saturated rings. The highest BCUT2D eigenvalue weighted by Gasteiger charge is 1.96. The lowest BCUT2D eigenvalue weighted by Crippen LogP contribution is -2.00. The van der Waals surface area contributed by atoms with E-state index in [-0.39, 0.29) is 6.10 Å². The first-order valence-corrected chi connectivity index (χ1v) is 4.66. The number of hydrogen-bond acceptors (Lipinski definition) is 1. The van der Waals surface area contributed by atoms with Gasteiger partial charge < -0.3 is 5.11 Å². The first-order valence-electron chi connectivity index (χ1n) is 4.66. The van der Waals surface area contributed by atoms with Crippen LogP contribution in [-0.2, 0) is 0 Å². The predicted octanol–water partition coefficient (Wildman–Crippen LogP) is 2.89. The van der Waals surface area contributed by atoms with E-state index in [1.54, 1.807) is 0 Å². The molecule has 0 aromatic carbocycles. The smallest absolute Gasteiger partial charge is 0.0720 e. The highest BCUT2D eigenvalue weighted by molar-refractivity contribution is 4.87. The highest BCUT2D eigenvalue weighted by atomic mass is 16.3. The Kier molecular flexibility index (Phi) is 7.59. The molecule has 0 aromatic rings. The minimum absolute atomic E-state index is 0.207. The van der Waals surface area contributed by atoms with Crippen molar-refractivity contribution in [3.63, 3.8) is 0 Å². The molecule has 0 radical (unpaired) electrons. The maximum atomic E-state index is 9.32. The Morgan fingerprint density at radius 2 is 2.00 bits per heavy atom. The molecule has 0 rings (SSSR count). The summed E-state index contributed by atoms with van der Waals surface area (Å²) in [6, 6.07) is 0. The van der Waals surface area contributed by atoms with Crippen LogP contribution < -0.4 is 0 Å². The van der Waals surface area contributed by atoms with Crippen molar-refractivity contribution in [3.8, 4) is 0 Å². The van der Waals surface area contributed by atoms with Gasteiger partial charge in [-0.2, -0.15) is 0 Å². The van der Waals surface area contributed by atoms with Crippen molar-refractivity contribution in [1.82, 2.24) is 0 Å². The molecule has 1 heteroatoms. The molecule has 11 heavy (non-hydrogen) atoms. The van der Waals surface area contributed by atoms with Gasteiger partial charge in [-0.3, -0.25) is 0 Å². The highest BCUT2D eigenvalue weighted by Crippen LogP contribution is 2.04. The zero-order valence-electron chi connectivity index (χ0n) is 7.71. The summed E-state index contributed by atoms with van der Waals surface area (Å²) >= 11 is 0. The van der Waals surface area contributed by atoms with Gasteiger partial charge in [0, 0.05) is 0 Å². The van der Waals surface area contributed by atoms with Gasteiger partial charge in [-0.15, -0.1) is 0 Å². The standard InChI is InChI=1S/C10H20O/c1-3-5-7-9-10(11)8-6-4-2/h6,8,10-11H,3-5,7,9H2,1-2H3/b8-6+/t10-/m1/s1. The average molecular weight is 156 g/mol. The van der Waals surface area contributed by atoms with Crippen LogP contribution in [0.5, 0.6) is 0 Å². The van der Waals surface area contributed by atoms with Gasteiger partial charge in [0.25, 0.3) is 0 Å². The van der Waals surface area contributed by atoms with Crippen molar-refractivity contribution in [2.75, 3.05) is 0 Å². The van der Waals surface area contributed by atoms with Gasteiger partial charge in [-0.25, -0.2) is 0 Å². The second kappa shape index (κ2) is 7.80. The molecule has 0 aliphatic heterocycles. The Bertz CT molecular complexity index is 97.0. The summed E-state index contributed by atoms with van der Waals surface area (Å²) in [5.41, 5.74) is 0. The fourth-order valence-electron chi connectivity index (χ4n) is 0.993. The molecule has 0 aromatic heterocycles. The van der Waals surface area contributed by atoms with E-state index in [9.17, 15) is 5.11 Å². The van der Waals surface area contributed by atoms with Gasteiger partial charge in [-0.1, -0.05) is 45.3 Å². The number of aliphatic hydroxyl groups excluding tert-OH is 1. The van der Waals surface area contributed by atoms with E-state index in [2.05, 4.69) is 13.8 Å². The van der Waals surface area contributed by atoms with E-state index in [0.29, 0.717) is 0 Å². The van der Waals surface area contributed by atoms with Crippen molar-refractivity contribution in [2.45, 2.75) is 52.1 Å². The number of allylic oxidation sites excluding steroid dienone is 1. The molecular formula is C10H20O. The molecular weight excluding hydrogens is 136 g/mol. The predicted molar refractivity (Wildman–Crippen MR) is 49.6 cm³/mol. The molecule has 1 atom stereocenters. The fraction of sp³-hybridized carbons (Fsp3) is 0.800. The monoisotopic (exact) mass is 156 g/mol. The van der Waals surface area contributed by atoms with Crippen LogP contribution in [0.25, 0.3) is 0 Å². The van der Waals surface area contributed by atoms with Crippen LogP contribution in [0, 0.1) is 0 Å². The third-order valence-electron chi connectivity index (χ3n) is 1.70. The minimum Gasteiger partial charge on any atom is -0.389 e. The summed E-state index contributed by atoms with van der Waals surface area (Å²) in [4.78, 5) is 0. The third kappa shape index (κ3) is 7.60. The summed E-state index contributed by atoms with van der Waals surface area (Å²) in [6.45, 7) is 4.25. The second-order valence-corrected chi connectivity index (χ2v) is 2.90. The average Bonchev–Trinajstić information content (AvgIpc) is 2.01. The Hall–Kier alpha value is -0.300. The van der Waals surface area contributed by atoms with Crippen molar-refractivity contribution in [1.29, 1.82) is 0 Å². The van der Waals surface area contributed by atoms with E-state index in [4.69, 9.17) is 0 Å². The maximum Gasteiger partial charge on any atom is 0.0720 e. The largest absolute Gasteiger partial charge is 0.389 e. The molecule has 0 spiro atoms. The molecule has 1 nitrogen and oxygen atoms in total. The Balaban J connectivity index is 3.21. The fourth-order valence-corrected chi connectivity index (χ4v) is 0.993. The summed E-state index contributed by atoms with van der Waals surface area (Å²) < 4.78 is 0. The number of rotatable bonds is 6. The van der Waals surface area contributed by atoms with E-state index >= 15 is 0 Å². The van der Waals surface area contributed by atoms with Crippen LogP contribution in [0.15, 0.2) is 12.2 Å². The molecule has 0 amide bonds. The lowest BCUT2D eigenvalue weighted by atomic mass is 10.1. The molecule has 0 saturated heterocycles. The number of unbranched alkanes of at least 4 members (excludes halogenated alkanes) is 2. The zero-order chi connectivity index (χ0) is 8.53. The lowest BCUT2D eigenvalue weighted by Gasteiger charge is -2.03. The van der Waals surface area contributed by atoms with Gasteiger partial charge in [0.05, 0.1) is 6.10 Å². The molecule has 0 unspecified atom stereocenters. The van der Waals surface area contributed by atoms with Gasteiger partial charge in [0.1, 0.15) is 0 Å². The van der Waals surface area contributed by atoms with Gasteiger partial charge >= 0.3 is 0 Å². The third-order valence-corrected chi connectivity index (χ3v) is 1.70. The summed E-state index contributed by atoms with van der Waals surface area (Å²) in [5, 5.41) is 9.32. The molecule has 0 heterocycles. The van der Waals surface area contributed by atoms with Crippen molar-refractivity contribution in [2.24, 2.45) is 0 Å². The molecule has 0 saturated carbocycles. The minimum atomic E-state index is -0.207.